The Hall–Kier alpha value is -2.47. The summed E-state index contributed by atoms with van der Waals surface area (Å²) in [6, 6.07) is 24.4. The van der Waals surface area contributed by atoms with E-state index in [-0.39, 0.29) is 30.2 Å². The topological polar surface area (TPSA) is 49.4 Å². The number of amides is 2. The zero-order valence-electron chi connectivity index (χ0n) is 20.7. The summed E-state index contributed by atoms with van der Waals surface area (Å²) in [6.07, 6.45) is 5.81. The lowest BCUT2D eigenvalue weighted by molar-refractivity contribution is -0.139. The minimum atomic E-state index is -0.667. The summed E-state index contributed by atoms with van der Waals surface area (Å²) < 4.78 is 0. The monoisotopic (exact) mass is 554 g/mol. The molecule has 1 N–H and O–H groups in total. The first-order valence-electron chi connectivity index (χ1n) is 12.7. The molecule has 3 aromatic carbocycles. The maximum atomic E-state index is 13.8. The number of halogens is 2. The van der Waals surface area contributed by atoms with Gasteiger partial charge in [-0.3, -0.25) is 9.59 Å². The minimum Gasteiger partial charge on any atom is -0.352 e. The highest BCUT2D eigenvalue weighted by atomic mass is 35.5. The van der Waals surface area contributed by atoms with Crippen molar-refractivity contribution in [2.24, 2.45) is 0 Å². The number of nitrogens with one attached hydrogen (secondary N) is 1. The summed E-state index contributed by atoms with van der Waals surface area (Å²) in [7, 11) is 0. The van der Waals surface area contributed by atoms with Gasteiger partial charge < -0.3 is 10.2 Å². The molecule has 1 saturated carbocycles. The first kappa shape index (κ1) is 27.6. The molecule has 0 bridgehead atoms. The van der Waals surface area contributed by atoms with Crippen molar-refractivity contribution in [3.63, 3.8) is 0 Å². The minimum absolute atomic E-state index is 0.111. The molecule has 0 unspecified atom stereocenters. The molecule has 0 radical (unpaired) electrons. The molecule has 0 heterocycles. The third-order valence-electron chi connectivity index (χ3n) is 6.68. The van der Waals surface area contributed by atoms with Gasteiger partial charge in [0, 0.05) is 33.9 Å². The molecule has 2 amide bonds. The molecule has 0 aliphatic heterocycles. The van der Waals surface area contributed by atoms with E-state index in [4.69, 9.17) is 23.2 Å². The Labute approximate surface area is 233 Å². The summed E-state index contributed by atoms with van der Waals surface area (Å²) in [4.78, 5) is 30.3. The number of hydrogen-bond acceptors (Lipinski definition) is 3. The Morgan fingerprint density at radius 2 is 1.59 bits per heavy atom. The second kappa shape index (κ2) is 13.9. The van der Waals surface area contributed by atoms with Gasteiger partial charge in [0.1, 0.15) is 6.04 Å². The molecule has 7 heteroatoms. The van der Waals surface area contributed by atoms with Crippen molar-refractivity contribution in [1.82, 2.24) is 10.2 Å². The van der Waals surface area contributed by atoms with Crippen LogP contribution in [0.25, 0.3) is 0 Å². The second-order valence-electron chi connectivity index (χ2n) is 9.41. The molecular formula is C30H32Cl2N2O2S. The highest BCUT2D eigenvalue weighted by molar-refractivity contribution is 8.00. The molecule has 1 fully saturated rings. The highest BCUT2D eigenvalue weighted by Gasteiger charge is 2.32. The Balaban J connectivity index is 1.63. The number of benzene rings is 3. The van der Waals surface area contributed by atoms with Gasteiger partial charge in [-0.2, -0.15) is 0 Å². The lowest BCUT2D eigenvalue weighted by Gasteiger charge is -2.33. The van der Waals surface area contributed by atoms with Gasteiger partial charge in [-0.15, -0.1) is 11.8 Å². The van der Waals surface area contributed by atoms with Crippen LogP contribution in [0, 0.1) is 0 Å². The van der Waals surface area contributed by atoms with E-state index in [9.17, 15) is 9.59 Å². The van der Waals surface area contributed by atoms with E-state index in [1.54, 1.807) is 17.0 Å². The van der Waals surface area contributed by atoms with Gasteiger partial charge in [-0.25, -0.2) is 0 Å². The summed E-state index contributed by atoms with van der Waals surface area (Å²) in [5, 5.41) is 4.27. The second-order valence-corrected chi connectivity index (χ2v) is 11.3. The van der Waals surface area contributed by atoms with Gasteiger partial charge in [-0.05, 0) is 48.2 Å². The van der Waals surface area contributed by atoms with Gasteiger partial charge in [-0.1, -0.05) is 97.1 Å². The molecular weight excluding hydrogens is 523 g/mol. The molecule has 1 aliphatic rings. The van der Waals surface area contributed by atoms with E-state index < -0.39 is 6.04 Å². The van der Waals surface area contributed by atoms with Crippen molar-refractivity contribution >= 4 is 46.8 Å². The number of hydrogen-bond donors (Lipinski definition) is 1. The van der Waals surface area contributed by atoms with Gasteiger partial charge in [0.15, 0.2) is 0 Å². The fourth-order valence-electron chi connectivity index (χ4n) is 4.68. The van der Waals surface area contributed by atoms with E-state index in [0.717, 1.165) is 41.7 Å². The Kier molecular flexibility index (Phi) is 10.4. The van der Waals surface area contributed by atoms with E-state index >= 15 is 0 Å². The molecule has 0 aromatic heterocycles. The van der Waals surface area contributed by atoms with Crippen molar-refractivity contribution in [1.29, 1.82) is 0 Å². The molecule has 37 heavy (non-hydrogen) atoms. The van der Waals surface area contributed by atoms with Crippen LogP contribution in [-0.4, -0.2) is 34.6 Å². The zero-order valence-corrected chi connectivity index (χ0v) is 23.1. The van der Waals surface area contributed by atoms with Gasteiger partial charge in [0.25, 0.3) is 0 Å². The maximum Gasteiger partial charge on any atom is 0.243 e. The van der Waals surface area contributed by atoms with Crippen LogP contribution >= 0.6 is 35.0 Å². The summed E-state index contributed by atoms with van der Waals surface area (Å²) in [5.74, 6) is -0.00415. The summed E-state index contributed by atoms with van der Waals surface area (Å²) in [6.45, 7) is 0.222. The van der Waals surface area contributed by atoms with Crippen molar-refractivity contribution in [3.8, 4) is 0 Å². The number of thioether (sulfide) groups is 1. The smallest absolute Gasteiger partial charge is 0.243 e. The molecule has 3 aromatic rings. The Morgan fingerprint density at radius 1 is 0.919 bits per heavy atom. The fraction of sp³-hybridized carbons (Fsp3) is 0.333. The van der Waals surface area contributed by atoms with Crippen LogP contribution in [-0.2, 0) is 22.6 Å². The predicted molar refractivity (Wildman–Crippen MR) is 153 cm³/mol. The standard InChI is InChI=1S/C30H32Cl2N2O2S/c31-24-17-16-23(27(32)19-24)20-34(29(35)21-37-26-14-8-3-9-15-26)28(18-22-10-4-1-5-11-22)30(36)33-25-12-6-2-7-13-25/h1,3-5,8-11,14-17,19,25,28H,2,6-7,12-13,18,20-21H2,(H,33,36)/t28-/m0/s1. The lowest BCUT2D eigenvalue weighted by atomic mass is 9.94. The number of carbonyl (C=O) groups is 2. The average molecular weight is 556 g/mol. The van der Waals surface area contributed by atoms with Crippen LogP contribution in [0.1, 0.15) is 43.2 Å². The van der Waals surface area contributed by atoms with E-state index in [0.29, 0.717) is 16.5 Å². The molecule has 1 aliphatic carbocycles. The Bertz CT molecular complexity index is 1170. The number of carbonyl (C=O) groups excluding carboxylic acids is 2. The lowest BCUT2D eigenvalue weighted by Crippen LogP contribution is -2.53. The van der Waals surface area contributed by atoms with E-state index in [1.165, 1.54) is 18.2 Å². The normalized spacial score (nSPS) is 14.6. The first-order valence-corrected chi connectivity index (χ1v) is 14.5. The molecule has 4 rings (SSSR count). The largest absolute Gasteiger partial charge is 0.352 e. The molecule has 4 nitrogen and oxygen atoms in total. The third kappa shape index (κ3) is 8.26. The van der Waals surface area contributed by atoms with E-state index in [1.807, 2.05) is 66.7 Å². The van der Waals surface area contributed by atoms with Crippen LogP contribution in [0.4, 0.5) is 0 Å². The quantitative estimate of drug-likeness (QED) is 0.270. The molecule has 194 valence electrons. The van der Waals surface area contributed by atoms with Gasteiger partial charge in [0.2, 0.25) is 11.8 Å². The van der Waals surface area contributed by atoms with Crippen LogP contribution in [0.2, 0.25) is 10.0 Å². The van der Waals surface area contributed by atoms with E-state index in [2.05, 4.69) is 5.32 Å². The van der Waals surface area contributed by atoms with Crippen LogP contribution in [0.5, 0.6) is 0 Å². The summed E-state index contributed by atoms with van der Waals surface area (Å²) in [5.41, 5.74) is 1.76. The SMILES string of the molecule is O=C(NC1CCCCC1)[C@H](Cc1ccccc1)N(Cc1ccc(Cl)cc1Cl)C(=O)CSc1ccccc1. The van der Waals surface area contributed by atoms with Crippen molar-refractivity contribution in [2.75, 3.05) is 5.75 Å². The molecule has 0 spiro atoms. The first-order chi connectivity index (χ1) is 18.0. The fourth-order valence-corrected chi connectivity index (χ4v) is 5.95. The predicted octanol–water partition coefficient (Wildman–Crippen LogP) is 7.17. The zero-order chi connectivity index (χ0) is 26.0. The highest BCUT2D eigenvalue weighted by Crippen LogP contribution is 2.26. The van der Waals surface area contributed by atoms with Crippen molar-refractivity contribution in [3.05, 3.63) is 100 Å². The average Bonchev–Trinajstić information content (AvgIpc) is 2.92. The van der Waals surface area contributed by atoms with Crippen molar-refractivity contribution < 1.29 is 9.59 Å². The summed E-state index contributed by atoms with van der Waals surface area (Å²) >= 11 is 14.1. The van der Waals surface area contributed by atoms with Crippen LogP contribution in [0.3, 0.4) is 0 Å². The third-order valence-corrected chi connectivity index (χ3v) is 8.27. The number of rotatable bonds is 10. The number of nitrogens with zero attached hydrogens (tertiary/aromatic N) is 1. The van der Waals surface area contributed by atoms with Crippen molar-refractivity contribution in [2.45, 2.75) is 62.0 Å². The van der Waals surface area contributed by atoms with Gasteiger partial charge >= 0.3 is 0 Å². The molecule has 1 atom stereocenters. The maximum absolute atomic E-state index is 13.8. The Morgan fingerprint density at radius 3 is 2.27 bits per heavy atom. The van der Waals surface area contributed by atoms with Crippen LogP contribution < -0.4 is 5.32 Å². The molecule has 0 saturated heterocycles. The van der Waals surface area contributed by atoms with Crippen LogP contribution in [0.15, 0.2) is 83.8 Å². The van der Waals surface area contributed by atoms with Gasteiger partial charge in [0.05, 0.1) is 5.75 Å².